The van der Waals surface area contributed by atoms with Crippen molar-refractivity contribution < 1.29 is 38.1 Å². The zero-order valence-electron chi connectivity index (χ0n) is 40.4. The number of primary amides is 1. The van der Waals surface area contributed by atoms with Gasteiger partial charge in [0.25, 0.3) is 0 Å². The zero-order chi connectivity index (χ0) is 49.6. The molecule has 0 saturated heterocycles. The second kappa shape index (κ2) is 26.3. The predicted molar refractivity (Wildman–Crippen MR) is 282 cm³/mol. The minimum absolute atomic E-state index is 0. The van der Waals surface area contributed by atoms with Crippen LogP contribution in [-0.4, -0.2) is 109 Å². The van der Waals surface area contributed by atoms with Gasteiger partial charge in [-0.2, -0.15) is 13.5 Å². The number of nitrogens with two attached hydrogens (primary N) is 1. The molecule has 6 aromatic rings. The summed E-state index contributed by atoms with van der Waals surface area (Å²) in [7, 11) is 0. The molecule has 71 heavy (non-hydrogen) atoms. The number of ether oxygens (including phenoxy) is 5. The largest absolute Gasteiger partial charge is 0.491 e. The van der Waals surface area contributed by atoms with Gasteiger partial charge in [0.15, 0.2) is 5.82 Å². The first kappa shape index (κ1) is 54.1. The average Bonchev–Trinajstić information content (AvgIpc) is 3.99. The van der Waals surface area contributed by atoms with Crippen LogP contribution in [0.1, 0.15) is 75.4 Å². The molecule has 20 heteroatoms. The highest BCUT2D eigenvalue weighted by Gasteiger charge is 2.32. The molecule has 0 unspecified atom stereocenters. The lowest BCUT2D eigenvalue weighted by Gasteiger charge is -2.13. The third-order valence-corrected chi connectivity index (χ3v) is 12.7. The van der Waals surface area contributed by atoms with Crippen LogP contribution in [0.15, 0.2) is 84.0 Å². The van der Waals surface area contributed by atoms with Gasteiger partial charge < -0.3 is 45.4 Å². The highest BCUT2D eigenvalue weighted by molar-refractivity contribution is 7.59. The van der Waals surface area contributed by atoms with Crippen LogP contribution >= 0.6 is 36.4 Å². The summed E-state index contributed by atoms with van der Waals surface area (Å²) in [6.45, 7) is 14.9. The van der Waals surface area contributed by atoms with E-state index in [1.54, 1.807) is 47.9 Å². The van der Waals surface area contributed by atoms with Gasteiger partial charge in [-0.05, 0) is 106 Å². The smallest absolute Gasteiger partial charge is 0.249 e. The Kier molecular flexibility index (Phi) is 20.1. The summed E-state index contributed by atoms with van der Waals surface area (Å²) in [5.41, 5.74) is 13.5. The third-order valence-electron chi connectivity index (χ3n) is 11.3. The number of carbonyl (C=O) groups is 3. The van der Waals surface area contributed by atoms with E-state index in [9.17, 15) is 14.4 Å². The molecule has 5 N–H and O–H groups in total. The van der Waals surface area contributed by atoms with E-state index in [1.807, 2.05) is 67.8 Å². The monoisotopic (exact) mass is 1030 g/mol. The molecule has 1 atom stereocenters. The maximum Gasteiger partial charge on any atom is 0.249 e. The summed E-state index contributed by atoms with van der Waals surface area (Å²) in [6.07, 6.45) is 1.95. The molecule has 0 fully saturated rings. The predicted octanol–water partition coefficient (Wildman–Crippen LogP) is 8.18. The lowest BCUT2D eigenvalue weighted by atomic mass is 9.98. The van der Waals surface area contributed by atoms with Gasteiger partial charge in [-0.1, -0.05) is 29.8 Å². The van der Waals surface area contributed by atoms with Gasteiger partial charge in [0.2, 0.25) is 17.7 Å². The Labute approximate surface area is 429 Å². The first-order valence-electron chi connectivity index (χ1n) is 23.1. The number of carbonyl (C=O) groups excluding carboxylic acids is 3. The Hall–Kier alpha value is -6.19. The van der Waals surface area contributed by atoms with Crippen molar-refractivity contribution in [1.29, 1.82) is 0 Å². The maximum absolute atomic E-state index is 13.5. The molecule has 376 valence electrons. The van der Waals surface area contributed by atoms with Gasteiger partial charge in [-0.15, -0.1) is 21.5 Å². The van der Waals surface area contributed by atoms with Crippen LogP contribution in [-0.2, 0) is 35.0 Å². The van der Waals surface area contributed by atoms with E-state index in [0.717, 1.165) is 63.3 Å². The number of thiophene rings is 1. The van der Waals surface area contributed by atoms with E-state index in [0.29, 0.717) is 98.4 Å². The standard InChI is InChI=1S/C47H48ClN9O7S.C4H10O.H2S/c1-27-28(2)65-47-43(27)44(30-4-7-33(48)8-5-30)54-39(46-56-55-29(3)57(46)47)25-42(59)52-34-9-11-35(12-10-34)64-21-20-63-19-18-62-17-16-61-15-14-50-40-24-36(45(49)60)37(26-51-40)31-6-13-38-32(22-31)23-41(58)53-38;1-3-5-4-2;/h4-13,22,24,26,39H,14-21,23,25H2,1-3H3,(H2,49,60)(H,50,51)(H,52,59)(H,53,58);3-4H2,1-2H3;1H2/t39-;;/m0../s1. The second-order valence-electron chi connectivity index (χ2n) is 16.2. The van der Waals surface area contributed by atoms with Crippen LogP contribution in [0.3, 0.4) is 0 Å². The molecule has 0 radical (unpaired) electrons. The minimum Gasteiger partial charge on any atom is -0.491 e. The Morgan fingerprint density at radius 2 is 1.54 bits per heavy atom. The number of amides is 3. The molecule has 8 rings (SSSR count). The summed E-state index contributed by atoms with van der Waals surface area (Å²) >= 11 is 7.90. The summed E-state index contributed by atoms with van der Waals surface area (Å²) < 4.78 is 29.6. The van der Waals surface area contributed by atoms with Crippen molar-refractivity contribution in [3.8, 4) is 21.9 Å². The van der Waals surface area contributed by atoms with Gasteiger partial charge in [-0.25, -0.2) is 4.98 Å². The molecule has 2 aliphatic rings. The van der Waals surface area contributed by atoms with Crippen LogP contribution < -0.4 is 26.4 Å². The number of nitrogens with zero attached hydrogens (tertiary/aromatic N) is 5. The number of aryl methyl sites for hydroxylation is 2. The van der Waals surface area contributed by atoms with Crippen LogP contribution in [0, 0.1) is 20.8 Å². The summed E-state index contributed by atoms with van der Waals surface area (Å²) in [6, 6.07) is 21.3. The third kappa shape index (κ3) is 14.2. The first-order chi connectivity index (χ1) is 33.9. The van der Waals surface area contributed by atoms with Gasteiger partial charge in [0.05, 0.1) is 63.8 Å². The molecule has 3 aromatic carbocycles. The van der Waals surface area contributed by atoms with Gasteiger partial charge in [0.1, 0.15) is 35.0 Å². The number of fused-ring (bicyclic) bond motifs is 4. The van der Waals surface area contributed by atoms with Gasteiger partial charge >= 0.3 is 0 Å². The van der Waals surface area contributed by atoms with Gasteiger partial charge in [-0.3, -0.25) is 23.9 Å². The molecule has 0 aliphatic carbocycles. The summed E-state index contributed by atoms with van der Waals surface area (Å²) in [5.74, 6) is 1.63. The van der Waals surface area contributed by atoms with E-state index in [-0.39, 0.29) is 31.7 Å². The molecular formula is C51H60ClN9O8S2. The van der Waals surface area contributed by atoms with Crippen LogP contribution in [0.5, 0.6) is 5.75 Å². The molecule has 2 aliphatic heterocycles. The Balaban J connectivity index is 0.00000131. The fourth-order valence-electron chi connectivity index (χ4n) is 7.75. The second-order valence-corrected chi connectivity index (χ2v) is 17.8. The van der Waals surface area contributed by atoms with Crippen molar-refractivity contribution in [2.24, 2.45) is 10.7 Å². The van der Waals surface area contributed by atoms with Crippen LogP contribution in [0.4, 0.5) is 17.2 Å². The number of rotatable bonds is 22. The van der Waals surface area contributed by atoms with E-state index in [2.05, 4.69) is 45.0 Å². The number of hydrogen-bond donors (Lipinski definition) is 4. The van der Waals surface area contributed by atoms with Gasteiger partial charge in [0, 0.05) is 63.9 Å². The molecule has 0 spiro atoms. The SMILES string of the molecule is CCOCC.Cc1sc2c(c1C)C(c1ccc(Cl)cc1)=N[C@@H](CC(=O)Nc1ccc(OCCOCCOCCOCCNc3cc(C(N)=O)c(-c4ccc5c(c4)CC(=O)N5)cn3)cc1)c1nnc(C)n1-2.S. The lowest BCUT2D eigenvalue weighted by Crippen LogP contribution is -2.17. The van der Waals surface area contributed by atoms with Crippen molar-refractivity contribution in [3.63, 3.8) is 0 Å². The molecule has 17 nitrogen and oxygen atoms in total. The quantitative estimate of drug-likeness (QED) is 0.0474. The Morgan fingerprint density at radius 1 is 0.859 bits per heavy atom. The molecule has 3 aromatic heterocycles. The highest BCUT2D eigenvalue weighted by atomic mass is 35.5. The van der Waals surface area contributed by atoms with E-state index in [4.69, 9.17) is 46.0 Å². The van der Waals surface area contributed by atoms with Crippen LogP contribution in [0.25, 0.3) is 16.1 Å². The van der Waals surface area contributed by atoms with E-state index < -0.39 is 11.9 Å². The topological polar surface area (TPSA) is 215 Å². The number of benzene rings is 3. The number of aromatic nitrogens is 4. The molecular weight excluding hydrogens is 966 g/mol. The van der Waals surface area contributed by atoms with Crippen molar-refractivity contribution in [2.75, 3.05) is 82.0 Å². The van der Waals surface area contributed by atoms with Crippen molar-refractivity contribution in [1.82, 2.24) is 19.7 Å². The summed E-state index contributed by atoms with van der Waals surface area (Å²) in [4.78, 5) is 48.3. The zero-order valence-corrected chi connectivity index (χ0v) is 43.0. The number of halogens is 1. The summed E-state index contributed by atoms with van der Waals surface area (Å²) in [5, 5.41) is 19.5. The highest BCUT2D eigenvalue weighted by Crippen LogP contribution is 2.40. The maximum atomic E-state index is 13.5. The number of aliphatic imine (C=N–C) groups is 1. The fraction of sp³-hybridized carbons (Fsp3) is 0.353. The molecule has 3 amide bonds. The number of nitrogens with one attached hydrogen (secondary N) is 3. The minimum atomic E-state index is -0.581. The lowest BCUT2D eigenvalue weighted by molar-refractivity contribution is -0.117. The van der Waals surface area contributed by atoms with Crippen LogP contribution in [0.2, 0.25) is 5.02 Å². The first-order valence-corrected chi connectivity index (χ1v) is 24.3. The normalized spacial score (nSPS) is 13.3. The van der Waals surface area contributed by atoms with Crippen molar-refractivity contribution >= 4 is 77.1 Å². The Morgan fingerprint density at radius 3 is 2.21 bits per heavy atom. The molecule has 5 heterocycles. The number of anilines is 3. The van der Waals surface area contributed by atoms with Crippen molar-refractivity contribution in [3.05, 3.63) is 128 Å². The van der Waals surface area contributed by atoms with E-state index >= 15 is 0 Å². The van der Waals surface area contributed by atoms with Crippen molar-refractivity contribution in [2.45, 2.75) is 53.5 Å². The fourth-order valence-corrected chi connectivity index (χ4v) is 9.09. The Bertz CT molecular complexity index is 2800. The average molecular weight is 1030 g/mol. The van der Waals surface area contributed by atoms with E-state index in [1.165, 1.54) is 4.88 Å². The molecule has 0 saturated carbocycles. The number of pyridine rings is 1. The number of hydrogen-bond acceptors (Lipinski definition) is 14. The molecule has 0 bridgehead atoms.